The molecule has 0 bridgehead atoms. The van der Waals surface area contributed by atoms with Gasteiger partial charge in [-0.3, -0.25) is 0 Å². The summed E-state index contributed by atoms with van der Waals surface area (Å²) in [5, 5.41) is 0. The summed E-state index contributed by atoms with van der Waals surface area (Å²) in [4.78, 5) is 14.2. The first kappa shape index (κ1) is 14.5. The van der Waals surface area contributed by atoms with Gasteiger partial charge in [0.25, 0.3) is 5.95 Å². The fourth-order valence-corrected chi connectivity index (χ4v) is 1.29. The Hall–Kier alpha value is -1.57. The molecule has 0 spiro atoms. The molecule has 0 aliphatic carbocycles. The summed E-state index contributed by atoms with van der Waals surface area (Å²) in [6, 6.07) is 0.648. The van der Waals surface area contributed by atoms with Crippen molar-refractivity contribution in [2.75, 3.05) is 7.11 Å². The molecule has 1 heterocycles. The van der Waals surface area contributed by atoms with Gasteiger partial charge >= 0.3 is 12.3 Å². The number of alkyl halides is 4. The number of carbonyl (C=O) groups excluding carboxylic acids is 1. The molecule has 0 aromatic carbocycles. The Bertz CT molecular complexity index is 464. The van der Waals surface area contributed by atoms with Crippen molar-refractivity contribution in [1.29, 1.82) is 0 Å². The Morgan fingerprint density at radius 2 is 2.11 bits per heavy atom. The van der Waals surface area contributed by atoms with E-state index in [4.69, 9.17) is 11.6 Å². The van der Waals surface area contributed by atoms with Crippen molar-refractivity contribution in [3.8, 4) is 5.75 Å². The number of ether oxygens (including phenoxy) is 2. The van der Waals surface area contributed by atoms with E-state index in [-0.39, 0.29) is 11.4 Å². The van der Waals surface area contributed by atoms with Gasteiger partial charge in [0.2, 0.25) is 0 Å². The average Bonchev–Trinajstić information content (AvgIpc) is 2.28. The standard InChI is InChI=1S/C9H6ClF4NO3/c1-17-8(16)6-4(3-10)2-5(7(11)15-6)18-9(12,13)14/h2H,3H2,1H3. The van der Waals surface area contributed by atoms with Gasteiger partial charge in [0, 0.05) is 11.4 Å². The lowest BCUT2D eigenvalue weighted by atomic mass is 10.2. The van der Waals surface area contributed by atoms with Gasteiger partial charge in [-0.25, -0.2) is 9.78 Å². The zero-order chi connectivity index (χ0) is 13.9. The lowest BCUT2D eigenvalue weighted by Crippen LogP contribution is -2.19. The Labute approximate surface area is 103 Å². The van der Waals surface area contributed by atoms with Gasteiger partial charge in [0.1, 0.15) is 0 Å². The van der Waals surface area contributed by atoms with Crippen molar-refractivity contribution >= 4 is 17.6 Å². The van der Waals surface area contributed by atoms with Crippen LogP contribution < -0.4 is 4.74 Å². The lowest BCUT2D eigenvalue weighted by molar-refractivity contribution is -0.275. The van der Waals surface area contributed by atoms with Crippen LogP contribution >= 0.6 is 11.6 Å². The molecular weight excluding hydrogens is 282 g/mol. The second-order valence-corrected chi connectivity index (χ2v) is 3.23. The van der Waals surface area contributed by atoms with Crippen LogP contribution in [-0.2, 0) is 10.6 Å². The molecule has 18 heavy (non-hydrogen) atoms. The van der Waals surface area contributed by atoms with Crippen molar-refractivity contribution in [3.63, 3.8) is 0 Å². The van der Waals surface area contributed by atoms with E-state index in [0.29, 0.717) is 6.07 Å². The zero-order valence-electron chi connectivity index (χ0n) is 8.85. The van der Waals surface area contributed by atoms with E-state index in [1.54, 1.807) is 0 Å². The van der Waals surface area contributed by atoms with E-state index in [1.165, 1.54) is 0 Å². The highest BCUT2D eigenvalue weighted by molar-refractivity contribution is 6.17. The molecular formula is C9H6ClF4NO3. The third-order valence-corrected chi connectivity index (χ3v) is 2.06. The van der Waals surface area contributed by atoms with Crippen LogP contribution in [0, 0.1) is 5.95 Å². The molecule has 0 atom stereocenters. The molecule has 0 aliphatic rings. The molecule has 0 saturated heterocycles. The van der Waals surface area contributed by atoms with Crippen molar-refractivity contribution in [2.24, 2.45) is 0 Å². The Balaban J connectivity index is 3.22. The number of methoxy groups -OCH3 is 1. The van der Waals surface area contributed by atoms with Gasteiger partial charge in [-0.2, -0.15) is 4.39 Å². The summed E-state index contributed by atoms with van der Waals surface area (Å²) in [5.74, 6) is -4.11. The third-order valence-electron chi connectivity index (χ3n) is 1.77. The van der Waals surface area contributed by atoms with Crippen molar-refractivity contribution in [2.45, 2.75) is 12.2 Å². The number of hydrogen-bond acceptors (Lipinski definition) is 4. The zero-order valence-corrected chi connectivity index (χ0v) is 9.60. The summed E-state index contributed by atoms with van der Waals surface area (Å²) in [6.07, 6.45) is -5.07. The van der Waals surface area contributed by atoms with Gasteiger partial charge < -0.3 is 9.47 Å². The Morgan fingerprint density at radius 3 is 2.56 bits per heavy atom. The maximum Gasteiger partial charge on any atom is 0.573 e. The van der Waals surface area contributed by atoms with E-state index in [9.17, 15) is 22.4 Å². The topological polar surface area (TPSA) is 48.4 Å². The minimum absolute atomic E-state index is 0.135. The Kier molecular flexibility index (Phi) is 4.33. The summed E-state index contributed by atoms with van der Waals surface area (Å²) in [7, 11) is 1.01. The fourth-order valence-electron chi connectivity index (χ4n) is 1.08. The molecule has 0 amide bonds. The molecule has 0 saturated carbocycles. The van der Waals surface area contributed by atoms with Gasteiger partial charge in [0.05, 0.1) is 7.11 Å². The second-order valence-electron chi connectivity index (χ2n) is 2.96. The van der Waals surface area contributed by atoms with Gasteiger partial charge in [-0.05, 0) is 6.07 Å². The van der Waals surface area contributed by atoms with Gasteiger partial charge in [-0.15, -0.1) is 24.8 Å². The summed E-state index contributed by atoms with van der Waals surface area (Å²) >= 11 is 5.42. The second kappa shape index (κ2) is 5.38. The number of aromatic nitrogens is 1. The lowest BCUT2D eigenvalue weighted by Gasteiger charge is -2.11. The van der Waals surface area contributed by atoms with Crippen molar-refractivity contribution in [3.05, 3.63) is 23.3 Å². The minimum atomic E-state index is -5.07. The molecule has 1 rings (SSSR count). The number of hydrogen-bond donors (Lipinski definition) is 0. The van der Waals surface area contributed by atoms with E-state index >= 15 is 0 Å². The van der Waals surface area contributed by atoms with Crippen LogP contribution in [0.1, 0.15) is 16.1 Å². The smallest absolute Gasteiger partial charge is 0.464 e. The maximum atomic E-state index is 13.2. The number of carbonyl (C=O) groups is 1. The monoisotopic (exact) mass is 287 g/mol. The predicted octanol–water partition coefficient (Wildman–Crippen LogP) is 2.64. The molecule has 9 heteroatoms. The van der Waals surface area contributed by atoms with Crippen LogP contribution in [0.3, 0.4) is 0 Å². The first-order chi connectivity index (χ1) is 8.28. The summed E-state index contributed by atoms with van der Waals surface area (Å²) in [6.45, 7) is 0. The molecule has 1 aromatic rings. The van der Waals surface area contributed by atoms with Gasteiger partial charge in [0.15, 0.2) is 11.4 Å². The number of pyridine rings is 1. The highest BCUT2D eigenvalue weighted by Crippen LogP contribution is 2.27. The van der Waals surface area contributed by atoms with E-state index < -0.39 is 29.7 Å². The van der Waals surface area contributed by atoms with Gasteiger partial charge in [-0.1, -0.05) is 0 Å². The molecule has 4 nitrogen and oxygen atoms in total. The van der Waals surface area contributed by atoms with Crippen molar-refractivity contribution < 1.29 is 31.8 Å². The first-order valence-electron chi connectivity index (χ1n) is 4.38. The molecule has 100 valence electrons. The number of rotatable bonds is 3. The third kappa shape index (κ3) is 3.46. The first-order valence-corrected chi connectivity index (χ1v) is 4.91. The van der Waals surface area contributed by atoms with Crippen molar-refractivity contribution in [1.82, 2.24) is 4.98 Å². The molecule has 0 radical (unpaired) electrons. The maximum absolute atomic E-state index is 13.2. The normalized spacial score (nSPS) is 11.2. The number of nitrogens with zero attached hydrogens (tertiary/aromatic N) is 1. The number of halogens is 5. The van der Waals surface area contributed by atoms with E-state index in [1.807, 2.05) is 0 Å². The van der Waals surface area contributed by atoms with Crippen LogP contribution in [-0.4, -0.2) is 24.4 Å². The molecule has 0 N–H and O–H groups in total. The van der Waals surface area contributed by atoms with Crippen LogP contribution in [0.25, 0.3) is 0 Å². The quantitative estimate of drug-likeness (QED) is 0.371. The van der Waals surface area contributed by atoms with E-state index in [0.717, 1.165) is 7.11 Å². The molecule has 1 aromatic heterocycles. The minimum Gasteiger partial charge on any atom is -0.464 e. The van der Waals surface area contributed by atoms with Crippen LogP contribution in [0.2, 0.25) is 0 Å². The van der Waals surface area contributed by atoms with E-state index in [2.05, 4.69) is 14.5 Å². The fraction of sp³-hybridized carbons (Fsp3) is 0.333. The SMILES string of the molecule is COC(=O)c1nc(F)c(OC(F)(F)F)cc1CCl. The van der Waals surface area contributed by atoms with Crippen LogP contribution in [0.4, 0.5) is 17.6 Å². The summed E-state index contributed by atoms with van der Waals surface area (Å²) in [5.41, 5.74) is -0.635. The molecule has 0 unspecified atom stereocenters. The predicted molar refractivity (Wildman–Crippen MR) is 51.8 cm³/mol. The number of esters is 1. The van der Waals surface area contributed by atoms with Crippen LogP contribution in [0.5, 0.6) is 5.75 Å². The molecule has 0 aliphatic heterocycles. The highest BCUT2D eigenvalue weighted by atomic mass is 35.5. The Morgan fingerprint density at radius 1 is 1.50 bits per heavy atom. The summed E-state index contributed by atoms with van der Waals surface area (Å²) < 4.78 is 56.7. The highest BCUT2D eigenvalue weighted by Gasteiger charge is 2.33. The largest absolute Gasteiger partial charge is 0.573 e. The van der Waals surface area contributed by atoms with Crippen LogP contribution in [0.15, 0.2) is 6.07 Å². The average molecular weight is 288 g/mol. The molecule has 0 fully saturated rings.